The lowest BCUT2D eigenvalue weighted by molar-refractivity contribution is 0.633. The zero-order valence-corrected chi connectivity index (χ0v) is 11.7. The highest BCUT2D eigenvalue weighted by Crippen LogP contribution is 2.35. The highest BCUT2D eigenvalue weighted by molar-refractivity contribution is 6.33. The van der Waals surface area contributed by atoms with E-state index < -0.39 is 5.82 Å². The highest BCUT2D eigenvalue weighted by atomic mass is 35.5. The minimum atomic E-state index is -0.666. The summed E-state index contributed by atoms with van der Waals surface area (Å²) in [6.07, 6.45) is 1.72. The van der Waals surface area contributed by atoms with Crippen molar-refractivity contribution in [1.82, 2.24) is 4.98 Å². The SMILES string of the molecule is Nc1cc(N)c(Nc2ccc3ncccc3c2)c(F)c1Cl. The summed E-state index contributed by atoms with van der Waals surface area (Å²) in [6.45, 7) is 0. The summed E-state index contributed by atoms with van der Waals surface area (Å²) in [5.41, 5.74) is 13.3. The van der Waals surface area contributed by atoms with Crippen LogP contribution in [0.25, 0.3) is 10.9 Å². The molecule has 0 spiro atoms. The Kier molecular flexibility index (Phi) is 3.27. The number of halogens is 2. The Labute approximate surface area is 125 Å². The van der Waals surface area contributed by atoms with Gasteiger partial charge in [0.2, 0.25) is 0 Å². The first kappa shape index (κ1) is 13.5. The minimum absolute atomic E-state index is 0.109. The van der Waals surface area contributed by atoms with E-state index in [0.717, 1.165) is 10.9 Å². The number of rotatable bonds is 2. The lowest BCUT2D eigenvalue weighted by Crippen LogP contribution is -2.02. The number of hydrogen-bond acceptors (Lipinski definition) is 4. The van der Waals surface area contributed by atoms with E-state index in [0.29, 0.717) is 5.69 Å². The Hall–Kier alpha value is -2.53. The lowest BCUT2D eigenvalue weighted by atomic mass is 10.1. The van der Waals surface area contributed by atoms with E-state index in [4.69, 9.17) is 23.1 Å². The molecule has 21 heavy (non-hydrogen) atoms. The Bertz CT molecular complexity index is 835. The Balaban J connectivity index is 2.04. The van der Waals surface area contributed by atoms with Gasteiger partial charge >= 0.3 is 0 Å². The third kappa shape index (κ3) is 2.43. The van der Waals surface area contributed by atoms with Crippen molar-refractivity contribution in [2.45, 2.75) is 0 Å². The standard InChI is InChI=1S/C15H12ClFN4/c16-13-10(18)7-11(19)15(14(13)17)21-9-3-4-12-8(6-9)2-1-5-20-12/h1-7,21H,18-19H2. The number of nitrogen functional groups attached to an aromatic ring is 2. The summed E-state index contributed by atoms with van der Waals surface area (Å²) in [5.74, 6) is -0.666. The van der Waals surface area contributed by atoms with Crippen LogP contribution in [0.5, 0.6) is 0 Å². The molecule has 4 nitrogen and oxygen atoms in total. The van der Waals surface area contributed by atoms with Gasteiger partial charge in [-0.1, -0.05) is 17.7 Å². The van der Waals surface area contributed by atoms with Crippen molar-refractivity contribution in [1.29, 1.82) is 0 Å². The number of aromatic nitrogens is 1. The van der Waals surface area contributed by atoms with Gasteiger partial charge in [-0.05, 0) is 30.3 Å². The van der Waals surface area contributed by atoms with Crippen LogP contribution in [-0.4, -0.2) is 4.98 Å². The largest absolute Gasteiger partial charge is 0.397 e. The normalized spacial score (nSPS) is 10.8. The van der Waals surface area contributed by atoms with Crippen LogP contribution in [0.15, 0.2) is 42.6 Å². The summed E-state index contributed by atoms with van der Waals surface area (Å²) < 4.78 is 14.2. The summed E-state index contributed by atoms with van der Waals surface area (Å²) in [6, 6.07) is 10.7. The van der Waals surface area contributed by atoms with E-state index in [-0.39, 0.29) is 22.1 Å². The molecular weight excluding hydrogens is 291 g/mol. The maximum absolute atomic E-state index is 14.2. The molecule has 0 unspecified atom stereocenters. The second-order valence-corrected chi connectivity index (χ2v) is 4.97. The molecule has 0 aliphatic heterocycles. The Morgan fingerprint density at radius 3 is 2.71 bits per heavy atom. The smallest absolute Gasteiger partial charge is 0.169 e. The average Bonchev–Trinajstić information content (AvgIpc) is 2.49. The first-order valence-electron chi connectivity index (χ1n) is 6.21. The van der Waals surface area contributed by atoms with Crippen molar-refractivity contribution in [2.24, 2.45) is 0 Å². The second kappa shape index (κ2) is 5.10. The summed E-state index contributed by atoms with van der Waals surface area (Å²) in [4.78, 5) is 4.23. The fourth-order valence-corrected chi connectivity index (χ4v) is 2.24. The highest BCUT2D eigenvalue weighted by Gasteiger charge is 2.14. The van der Waals surface area contributed by atoms with Crippen molar-refractivity contribution >= 4 is 45.3 Å². The topological polar surface area (TPSA) is 77.0 Å². The van der Waals surface area contributed by atoms with Gasteiger partial charge in [0.1, 0.15) is 5.02 Å². The van der Waals surface area contributed by atoms with Crippen molar-refractivity contribution in [3.05, 3.63) is 53.4 Å². The average molecular weight is 303 g/mol. The third-order valence-corrected chi connectivity index (χ3v) is 3.52. The number of pyridine rings is 1. The summed E-state index contributed by atoms with van der Waals surface area (Å²) >= 11 is 5.81. The van der Waals surface area contributed by atoms with Crippen LogP contribution in [-0.2, 0) is 0 Å². The predicted octanol–water partition coefficient (Wildman–Crippen LogP) is 3.94. The van der Waals surface area contributed by atoms with E-state index in [2.05, 4.69) is 10.3 Å². The van der Waals surface area contributed by atoms with Gasteiger partial charge in [0.05, 0.1) is 22.6 Å². The molecule has 6 heteroatoms. The molecule has 3 rings (SSSR count). The second-order valence-electron chi connectivity index (χ2n) is 4.59. The van der Waals surface area contributed by atoms with Gasteiger partial charge in [-0.15, -0.1) is 0 Å². The van der Waals surface area contributed by atoms with Crippen molar-refractivity contribution in [3.8, 4) is 0 Å². The van der Waals surface area contributed by atoms with Gasteiger partial charge in [-0.2, -0.15) is 0 Å². The number of nitrogens with one attached hydrogen (secondary N) is 1. The van der Waals surface area contributed by atoms with Crippen LogP contribution in [0.2, 0.25) is 5.02 Å². The van der Waals surface area contributed by atoms with E-state index in [1.807, 2.05) is 24.3 Å². The number of anilines is 4. The Morgan fingerprint density at radius 1 is 1.10 bits per heavy atom. The molecule has 0 bridgehead atoms. The van der Waals surface area contributed by atoms with Crippen LogP contribution < -0.4 is 16.8 Å². The number of benzene rings is 2. The number of fused-ring (bicyclic) bond motifs is 1. The first-order chi connectivity index (χ1) is 10.1. The van der Waals surface area contributed by atoms with Gasteiger partial charge in [0.15, 0.2) is 5.82 Å². The molecule has 0 aliphatic carbocycles. The quantitative estimate of drug-likeness (QED) is 0.627. The lowest BCUT2D eigenvalue weighted by Gasteiger charge is -2.13. The summed E-state index contributed by atoms with van der Waals surface area (Å²) in [5, 5.41) is 3.72. The molecule has 2 aromatic carbocycles. The monoisotopic (exact) mass is 302 g/mol. The number of hydrogen-bond donors (Lipinski definition) is 3. The molecule has 0 amide bonds. The van der Waals surface area contributed by atoms with E-state index in [1.54, 1.807) is 12.3 Å². The van der Waals surface area contributed by atoms with Gasteiger partial charge in [-0.25, -0.2) is 4.39 Å². The molecule has 0 saturated heterocycles. The van der Waals surface area contributed by atoms with Gasteiger partial charge in [0.25, 0.3) is 0 Å². The van der Waals surface area contributed by atoms with Crippen LogP contribution >= 0.6 is 11.6 Å². The van der Waals surface area contributed by atoms with Crippen LogP contribution in [0.3, 0.4) is 0 Å². The molecule has 106 valence electrons. The van der Waals surface area contributed by atoms with Gasteiger partial charge in [-0.3, -0.25) is 4.98 Å². The van der Waals surface area contributed by atoms with Crippen molar-refractivity contribution < 1.29 is 4.39 Å². The van der Waals surface area contributed by atoms with Crippen LogP contribution in [0.4, 0.5) is 27.1 Å². The number of nitrogens with two attached hydrogens (primary N) is 2. The molecule has 5 N–H and O–H groups in total. The van der Waals surface area contributed by atoms with E-state index in [1.165, 1.54) is 6.07 Å². The fraction of sp³-hybridized carbons (Fsp3) is 0. The van der Waals surface area contributed by atoms with Gasteiger partial charge < -0.3 is 16.8 Å². The Morgan fingerprint density at radius 2 is 1.90 bits per heavy atom. The van der Waals surface area contributed by atoms with Crippen molar-refractivity contribution in [2.75, 3.05) is 16.8 Å². The van der Waals surface area contributed by atoms with E-state index in [9.17, 15) is 4.39 Å². The third-order valence-electron chi connectivity index (χ3n) is 3.14. The molecule has 0 fully saturated rings. The zero-order chi connectivity index (χ0) is 15.0. The molecule has 1 aromatic heterocycles. The van der Waals surface area contributed by atoms with Crippen LogP contribution in [0.1, 0.15) is 0 Å². The molecule has 3 aromatic rings. The molecular formula is C15H12ClFN4. The fourth-order valence-electron chi connectivity index (χ4n) is 2.09. The van der Waals surface area contributed by atoms with Crippen molar-refractivity contribution in [3.63, 3.8) is 0 Å². The van der Waals surface area contributed by atoms with Gasteiger partial charge in [0, 0.05) is 17.3 Å². The molecule has 1 heterocycles. The maximum Gasteiger partial charge on any atom is 0.169 e. The zero-order valence-electron chi connectivity index (χ0n) is 10.9. The molecule has 0 aliphatic rings. The molecule has 0 saturated carbocycles. The first-order valence-corrected chi connectivity index (χ1v) is 6.59. The maximum atomic E-state index is 14.2. The molecule has 0 atom stereocenters. The van der Waals surface area contributed by atoms with Crippen LogP contribution in [0, 0.1) is 5.82 Å². The minimum Gasteiger partial charge on any atom is -0.397 e. The number of nitrogens with zero attached hydrogens (tertiary/aromatic N) is 1. The summed E-state index contributed by atoms with van der Waals surface area (Å²) in [7, 11) is 0. The molecule has 0 radical (unpaired) electrons. The predicted molar refractivity (Wildman–Crippen MR) is 85.3 cm³/mol. The van der Waals surface area contributed by atoms with E-state index >= 15 is 0 Å².